The van der Waals surface area contributed by atoms with Crippen LogP contribution in [-0.2, 0) is 0 Å². The molecule has 3 heteroatoms. The van der Waals surface area contributed by atoms with Crippen LogP contribution in [0.1, 0.15) is 70.6 Å². The number of alkyl halides is 2. The van der Waals surface area contributed by atoms with Crippen molar-refractivity contribution in [2.75, 3.05) is 12.4 Å². The number of rotatable bonds is 13. The Morgan fingerprint density at radius 1 is 0.706 bits per heavy atom. The fourth-order valence-corrected chi connectivity index (χ4v) is 2.34. The Kier molecular flexibility index (Phi) is 15.1. The van der Waals surface area contributed by atoms with Crippen molar-refractivity contribution < 1.29 is 0 Å². The molecular weight excluding hydrogens is 253 g/mol. The van der Waals surface area contributed by atoms with Crippen molar-refractivity contribution in [1.29, 1.82) is 0 Å². The molecule has 0 amide bonds. The maximum Gasteiger partial charge on any atom is 0.0458 e. The van der Waals surface area contributed by atoms with Gasteiger partial charge in [-0.15, -0.1) is 23.2 Å². The second-order valence-corrected chi connectivity index (χ2v) is 5.84. The number of unbranched alkanes of at least 4 members (excludes halogenated alkanes) is 9. The minimum atomic E-state index is 0.192. The van der Waals surface area contributed by atoms with E-state index in [1.165, 1.54) is 64.2 Å². The predicted molar refractivity (Wildman–Crippen MR) is 80.2 cm³/mol. The van der Waals surface area contributed by atoms with E-state index in [0.29, 0.717) is 6.54 Å². The molecule has 104 valence electrons. The highest BCUT2D eigenvalue weighted by atomic mass is 35.5. The van der Waals surface area contributed by atoms with Crippen LogP contribution in [0.3, 0.4) is 0 Å². The molecule has 0 aromatic carbocycles. The first-order valence-corrected chi connectivity index (χ1v) is 8.18. The summed E-state index contributed by atoms with van der Waals surface area (Å²) < 4.78 is 0. The Morgan fingerprint density at radius 2 is 1.12 bits per heavy atom. The molecule has 0 radical (unpaired) electrons. The van der Waals surface area contributed by atoms with Crippen molar-refractivity contribution in [3.05, 3.63) is 0 Å². The first kappa shape index (κ1) is 17.5. The summed E-state index contributed by atoms with van der Waals surface area (Å²) in [5, 5.41) is 0.192. The predicted octanol–water partition coefficient (Wildman–Crippen LogP) is 5.08. The summed E-state index contributed by atoms with van der Waals surface area (Å²) in [6.45, 7) is 0.615. The Labute approximate surface area is 117 Å². The summed E-state index contributed by atoms with van der Waals surface area (Å²) >= 11 is 11.6. The zero-order valence-corrected chi connectivity index (χ0v) is 12.6. The third-order valence-electron chi connectivity index (χ3n) is 3.16. The smallest absolute Gasteiger partial charge is 0.0458 e. The van der Waals surface area contributed by atoms with Gasteiger partial charge in [-0.1, -0.05) is 57.8 Å². The lowest BCUT2D eigenvalue weighted by Gasteiger charge is -2.05. The molecule has 0 saturated heterocycles. The number of hydrogen-bond acceptors (Lipinski definition) is 1. The maximum atomic E-state index is 5.95. The molecule has 0 aliphatic heterocycles. The molecule has 1 atom stereocenters. The fourth-order valence-electron chi connectivity index (χ4n) is 1.99. The minimum Gasteiger partial charge on any atom is -0.329 e. The van der Waals surface area contributed by atoms with Gasteiger partial charge in [-0.25, -0.2) is 0 Å². The van der Waals surface area contributed by atoms with Gasteiger partial charge >= 0.3 is 0 Å². The summed E-state index contributed by atoms with van der Waals surface area (Å²) in [4.78, 5) is 0. The van der Waals surface area contributed by atoms with Gasteiger partial charge in [-0.05, 0) is 12.8 Å². The van der Waals surface area contributed by atoms with E-state index in [-0.39, 0.29) is 5.38 Å². The maximum absolute atomic E-state index is 5.95. The van der Waals surface area contributed by atoms with E-state index in [1.807, 2.05) is 0 Å². The fraction of sp³-hybridized carbons (Fsp3) is 1.00. The SMILES string of the molecule is NCC(Cl)CCCCCCCCCCCCCl. The second-order valence-electron chi connectivity index (χ2n) is 4.85. The largest absolute Gasteiger partial charge is 0.329 e. The number of nitrogens with two attached hydrogens (primary N) is 1. The molecule has 0 spiro atoms. The molecule has 2 N–H and O–H groups in total. The molecular formula is C14H29Cl2N. The highest BCUT2D eigenvalue weighted by Gasteiger charge is 2.00. The van der Waals surface area contributed by atoms with Crippen LogP contribution in [0.15, 0.2) is 0 Å². The average molecular weight is 282 g/mol. The Hall–Kier alpha value is 0.540. The van der Waals surface area contributed by atoms with Crippen molar-refractivity contribution >= 4 is 23.2 Å². The minimum absolute atomic E-state index is 0.192. The molecule has 1 unspecified atom stereocenters. The normalized spacial score (nSPS) is 12.9. The molecule has 0 bridgehead atoms. The van der Waals surface area contributed by atoms with Crippen molar-refractivity contribution in [3.63, 3.8) is 0 Å². The van der Waals surface area contributed by atoms with Gasteiger partial charge in [0.2, 0.25) is 0 Å². The molecule has 0 fully saturated rings. The zero-order valence-electron chi connectivity index (χ0n) is 11.1. The second kappa shape index (κ2) is 14.6. The number of halogens is 2. The lowest BCUT2D eigenvalue weighted by Crippen LogP contribution is -2.13. The zero-order chi connectivity index (χ0) is 12.8. The molecule has 0 aromatic heterocycles. The van der Waals surface area contributed by atoms with Crippen LogP contribution in [0.2, 0.25) is 0 Å². The molecule has 17 heavy (non-hydrogen) atoms. The molecule has 0 aliphatic rings. The van der Waals surface area contributed by atoms with E-state index in [0.717, 1.165) is 12.3 Å². The Morgan fingerprint density at radius 3 is 1.53 bits per heavy atom. The first-order chi connectivity index (χ1) is 8.31. The number of hydrogen-bond donors (Lipinski definition) is 1. The monoisotopic (exact) mass is 281 g/mol. The van der Waals surface area contributed by atoms with Gasteiger partial charge in [0.25, 0.3) is 0 Å². The van der Waals surface area contributed by atoms with Crippen LogP contribution >= 0.6 is 23.2 Å². The lowest BCUT2D eigenvalue weighted by molar-refractivity contribution is 0.546. The molecule has 0 aliphatic carbocycles. The van der Waals surface area contributed by atoms with Gasteiger partial charge < -0.3 is 5.73 Å². The highest BCUT2D eigenvalue weighted by molar-refractivity contribution is 6.20. The van der Waals surface area contributed by atoms with E-state index in [1.54, 1.807) is 0 Å². The topological polar surface area (TPSA) is 26.0 Å². The summed E-state index contributed by atoms with van der Waals surface area (Å²) in [5.74, 6) is 0.824. The van der Waals surface area contributed by atoms with E-state index < -0.39 is 0 Å². The van der Waals surface area contributed by atoms with E-state index in [4.69, 9.17) is 28.9 Å². The van der Waals surface area contributed by atoms with Gasteiger partial charge in [0.15, 0.2) is 0 Å². The van der Waals surface area contributed by atoms with E-state index in [2.05, 4.69) is 0 Å². The van der Waals surface area contributed by atoms with Gasteiger partial charge in [-0.3, -0.25) is 0 Å². The first-order valence-electron chi connectivity index (χ1n) is 7.21. The summed E-state index contributed by atoms with van der Waals surface area (Å²) in [5.41, 5.74) is 5.46. The van der Waals surface area contributed by atoms with Crippen LogP contribution in [0.5, 0.6) is 0 Å². The van der Waals surface area contributed by atoms with Crippen LogP contribution in [0.25, 0.3) is 0 Å². The summed E-state index contributed by atoms with van der Waals surface area (Å²) in [6, 6.07) is 0. The van der Waals surface area contributed by atoms with Gasteiger partial charge in [0, 0.05) is 17.8 Å². The molecule has 1 nitrogen and oxygen atoms in total. The Bertz CT molecular complexity index is 142. The molecule has 0 rings (SSSR count). The highest BCUT2D eigenvalue weighted by Crippen LogP contribution is 2.13. The summed E-state index contributed by atoms with van der Waals surface area (Å²) in [6.07, 6.45) is 14.4. The van der Waals surface area contributed by atoms with Crippen molar-refractivity contribution in [2.24, 2.45) is 5.73 Å². The van der Waals surface area contributed by atoms with Crippen molar-refractivity contribution in [3.8, 4) is 0 Å². The van der Waals surface area contributed by atoms with Gasteiger partial charge in [0.1, 0.15) is 0 Å². The summed E-state index contributed by atoms with van der Waals surface area (Å²) in [7, 11) is 0. The third kappa shape index (κ3) is 14.5. The molecule has 0 aromatic rings. The van der Waals surface area contributed by atoms with Gasteiger partial charge in [-0.2, -0.15) is 0 Å². The Balaban J connectivity index is 2.94. The van der Waals surface area contributed by atoms with Crippen molar-refractivity contribution in [1.82, 2.24) is 0 Å². The van der Waals surface area contributed by atoms with Crippen LogP contribution in [-0.4, -0.2) is 17.8 Å². The van der Waals surface area contributed by atoms with Crippen LogP contribution in [0, 0.1) is 0 Å². The average Bonchev–Trinajstić information content (AvgIpc) is 2.35. The quantitative estimate of drug-likeness (QED) is 0.370. The molecule has 0 saturated carbocycles. The van der Waals surface area contributed by atoms with Crippen molar-refractivity contribution in [2.45, 2.75) is 76.0 Å². The van der Waals surface area contributed by atoms with Gasteiger partial charge in [0.05, 0.1) is 0 Å². The lowest BCUT2D eigenvalue weighted by atomic mass is 10.1. The van der Waals surface area contributed by atoms with Crippen LogP contribution in [0.4, 0.5) is 0 Å². The van der Waals surface area contributed by atoms with E-state index >= 15 is 0 Å². The van der Waals surface area contributed by atoms with Crippen LogP contribution < -0.4 is 5.73 Å². The molecule has 0 heterocycles. The van der Waals surface area contributed by atoms with E-state index in [9.17, 15) is 0 Å². The standard InChI is InChI=1S/C14H29Cl2N/c15-12-10-8-6-4-2-1-3-5-7-9-11-14(16)13-17/h14H,1-13,17H2. The third-order valence-corrected chi connectivity index (χ3v) is 3.82.